The van der Waals surface area contributed by atoms with Crippen LogP contribution in [0.1, 0.15) is 0 Å². The van der Waals surface area contributed by atoms with E-state index in [0.29, 0.717) is 0 Å². The number of pyridine rings is 1. The highest BCUT2D eigenvalue weighted by Crippen LogP contribution is 2.21. The smallest absolute Gasteiger partial charge is 0.242 e. The number of nitrogens with one attached hydrogen (secondary N) is 1. The predicted molar refractivity (Wildman–Crippen MR) is 64.4 cm³/mol. The fraction of sp³-hybridized carbons (Fsp3) is 0.125. The molecule has 0 aliphatic rings. The quantitative estimate of drug-likeness (QED) is 0.869. The van der Waals surface area contributed by atoms with Crippen molar-refractivity contribution in [3.63, 3.8) is 0 Å². The van der Waals surface area contributed by atoms with Crippen LogP contribution in [0, 0.1) is 0 Å². The average molecular weight is 302 g/mol. The van der Waals surface area contributed by atoms with Crippen LogP contribution >= 0.6 is 34.8 Å². The van der Waals surface area contributed by atoms with E-state index in [1.54, 1.807) is 0 Å². The molecule has 0 saturated heterocycles. The van der Waals surface area contributed by atoms with Crippen molar-refractivity contribution in [2.75, 3.05) is 6.54 Å². The Labute approximate surface area is 108 Å². The van der Waals surface area contributed by atoms with Gasteiger partial charge in [-0.25, -0.2) is 18.1 Å². The Balaban J connectivity index is 2.99. The van der Waals surface area contributed by atoms with E-state index in [1.165, 1.54) is 6.07 Å². The van der Waals surface area contributed by atoms with Crippen molar-refractivity contribution in [3.8, 4) is 0 Å². The highest BCUT2D eigenvalue weighted by Gasteiger charge is 2.15. The summed E-state index contributed by atoms with van der Waals surface area (Å²) in [6.07, 6.45) is 1.10. The number of sulfonamides is 1. The molecular weight excluding hydrogens is 295 g/mol. The molecule has 0 radical (unpaired) electrons. The van der Waals surface area contributed by atoms with Crippen LogP contribution < -0.4 is 4.72 Å². The molecular formula is C8H7Cl3N2O2S. The molecule has 88 valence electrons. The van der Waals surface area contributed by atoms with Crippen molar-refractivity contribution < 1.29 is 8.42 Å². The summed E-state index contributed by atoms with van der Waals surface area (Å²) in [6.45, 7) is 3.29. The van der Waals surface area contributed by atoms with Gasteiger partial charge < -0.3 is 0 Å². The number of aromatic nitrogens is 1. The van der Waals surface area contributed by atoms with Crippen LogP contribution in [0.5, 0.6) is 0 Å². The van der Waals surface area contributed by atoms with Crippen LogP contribution in [0.3, 0.4) is 0 Å². The molecule has 1 N–H and O–H groups in total. The number of hydrogen-bond acceptors (Lipinski definition) is 3. The Morgan fingerprint density at radius 3 is 2.62 bits per heavy atom. The highest BCUT2D eigenvalue weighted by molar-refractivity contribution is 7.89. The molecule has 0 fully saturated rings. The molecule has 0 unspecified atom stereocenters. The molecule has 0 aliphatic heterocycles. The second-order valence-corrected chi connectivity index (χ2v) is 5.85. The zero-order valence-corrected chi connectivity index (χ0v) is 11.0. The predicted octanol–water partition coefficient (Wildman–Crippen LogP) is 2.42. The second-order valence-electron chi connectivity index (χ2n) is 2.79. The molecule has 1 heterocycles. The van der Waals surface area contributed by atoms with Gasteiger partial charge in [-0.3, -0.25) is 0 Å². The average Bonchev–Trinajstić information content (AvgIpc) is 2.19. The number of hydrogen-bond donors (Lipinski definition) is 1. The van der Waals surface area contributed by atoms with E-state index in [0.717, 1.165) is 6.20 Å². The molecule has 1 rings (SSSR count). The first-order chi connectivity index (χ1) is 7.33. The van der Waals surface area contributed by atoms with E-state index in [-0.39, 0.29) is 26.6 Å². The Bertz CT molecular complexity index is 516. The van der Waals surface area contributed by atoms with E-state index >= 15 is 0 Å². The largest absolute Gasteiger partial charge is 0.242 e. The molecule has 0 aliphatic carbocycles. The van der Waals surface area contributed by atoms with Crippen LogP contribution in [-0.2, 0) is 10.0 Å². The van der Waals surface area contributed by atoms with Gasteiger partial charge in [0.15, 0.2) is 0 Å². The van der Waals surface area contributed by atoms with Crippen LogP contribution in [0.2, 0.25) is 10.2 Å². The zero-order valence-electron chi connectivity index (χ0n) is 7.87. The van der Waals surface area contributed by atoms with E-state index in [9.17, 15) is 8.42 Å². The van der Waals surface area contributed by atoms with Crippen molar-refractivity contribution in [1.29, 1.82) is 0 Å². The van der Waals surface area contributed by atoms with Gasteiger partial charge in [-0.05, 0) is 6.07 Å². The Morgan fingerprint density at radius 1 is 1.50 bits per heavy atom. The second kappa shape index (κ2) is 5.33. The summed E-state index contributed by atoms with van der Waals surface area (Å²) < 4.78 is 25.5. The summed E-state index contributed by atoms with van der Waals surface area (Å²) in [6, 6.07) is 1.20. The fourth-order valence-electron chi connectivity index (χ4n) is 0.807. The highest BCUT2D eigenvalue weighted by atomic mass is 35.5. The topological polar surface area (TPSA) is 59.1 Å². The van der Waals surface area contributed by atoms with E-state index in [1.807, 2.05) is 0 Å². The maximum Gasteiger partial charge on any atom is 0.242 e. The molecule has 16 heavy (non-hydrogen) atoms. The van der Waals surface area contributed by atoms with Gasteiger partial charge in [0, 0.05) is 17.8 Å². The summed E-state index contributed by atoms with van der Waals surface area (Å²) in [5.74, 6) is 0. The van der Waals surface area contributed by atoms with Gasteiger partial charge in [-0.1, -0.05) is 41.4 Å². The third kappa shape index (κ3) is 3.61. The summed E-state index contributed by atoms with van der Waals surface area (Å²) in [7, 11) is -3.70. The van der Waals surface area contributed by atoms with Crippen LogP contribution in [0.25, 0.3) is 0 Å². The molecule has 0 bridgehead atoms. The van der Waals surface area contributed by atoms with Crippen LogP contribution in [-0.4, -0.2) is 19.9 Å². The maximum atomic E-state index is 11.6. The molecule has 1 aromatic rings. The van der Waals surface area contributed by atoms with Gasteiger partial charge in [-0.2, -0.15) is 0 Å². The first-order valence-electron chi connectivity index (χ1n) is 3.97. The Morgan fingerprint density at radius 2 is 2.12 bits per heavy atom. The normalized spacial score (nSPS) is 11.4. The van der Waals surface area contributed by atoms with E-state index in [2.05, 4.69) is 16.3 Å². The summed E-state index contributed by atoms with van der Waals surface area (Å²) in [5.41, 5.74) is 0. The van der Waals surface area contributed by atoms with Gasteiger partial charge in [0.25, 0.3) is 0 Å². The van der Waals surface area contributed by atoms with Gasteiger partial charge in [0.05, 0.1) is 5.02 Å². The van der Waals surface area contributed by atoms with Gasteiger partial charge in [-0.15, -0.1) is 0 Å². The molecule has 0 saturated carbocycles. The molecule has 0 atom stereocenters. The van der Waals surface area contributed by atoms with Crippen molar-refractivity contribution in [2.45, 2.75) is 4.90 Å². The lowest BCUT2D eigenvalue weighted by Gasteiger charge is -2.05. The van der Waals surface area contributed by atoms with Crippen molar-refractivity contribution >= 4 is 44.8 Å². The minimum atomic E-state index is -3.70. The number of rotatable bonds is 4. The molecule has 0 amide bonds. The monoisotopic (exact) mass is 300 g/mol. The van der Waals surface area contributed by atoms with E-state index in [4.69, 9.17) is 34.8 Å². The fourth-order valence-corrected chi connectivity index (χ4v) is 2.28. The SMILES string of the molecule is C=C(Cl)CNS(=O)(=O)c1cnc(Cl)c(Cl)c1. The summed E-state index contributed by atoms with van der Waals surface area (Å²) in [5, 5.41) is 0.285. The Kier molecular flexibility index (Phi) is 4.58. The van der Waals surface area contributed by atoms with Gasteiger partial charge in [0.2, 0.25) is 10.0 Å². The lowest BCUT2D eigenvalue weighted by Crippen LogP contribution is -2.24. The van der Waals surface area contributed by atoms with Gasteiger partial charge in [0.1, 0.15) is 10.0 Å². The first kappa shape index (κ1) is 13.7. The van der Waals surface area contributed by atoms with Gasteiger partial charge >= 0.3 is 0 Å². The molecule has 0 aromatic carbocycles. The zero-order chi connectivity index (χ0) is 12.3. The van der Waals surface area contributed by atoms with Crippen molar-refractivity contribution in [1.82, 2.24) is 9.71 Å². The first-order valence-corrected chi connectivity index (χ1v) is 6.58. The molecule has 4 nitrogen and oxygen atoms in total. The lowest BCUT2D eigenvalue weighted by molar-refractivity contribution is 0.585. The third-order valence-corrected chi connectivity index (χ3v) is 3.72. The number of nitrogens with zero attached hydrogens (tertiary/aromatic N) is 1. The molecule has 8 heteroatoms. The van der Waals surface area contributed by atoms with Crippen LogP contribution in [0.4, 0.5) is 0 Å². The Hall–Kier alpha value is -0.330. The summed E-state index contributed by atoms with van der Waals surface area (Å²) in [4.78, 5) is 3.55. The standard InChI is InChI=1S/C8H7Cl3N2O2S/c1-5(9)3-13-16(14,15)6-2-7(10)8(11)12-4-6/h2,4,13H,1,3H2. The van der Waals surface area contributed by atoms with E-state index < -0.39 is 10.0 Å². The minimum absolute atomic E-state index is 0.0439. The number of halogens is 3. The maximum absolute atomic E-state index is 11.6. The van der Waals surface area contributed by atoms with Crippen molar-refractivity contribution in [3.05, 3.63) is 34.1 Å². The molecule has 1 aromatic heterocycles. The third-order valence-electron chi connectivity index (χ3n) is 1.54. The lowest BCUT2D eigenvalue weighted by atomic mass is 10.5. The minimum Gasteiger partial charge on any atom is -0.242 e. The van der Waals surface area contributed by atoms with Crippen LogP contribution in [0.15, 0.2) is 28.8 Å². The summed E-state index contributed by atoms with van der Waals surface area (Å²) >= 11 is 16.7. The van der Waals surface area contributed by atoms with Crippen molar-refractivity contribution in [2.24, 2.45) is 0 Å². The molecule has 0 spiro atoms.